The van der Waals surface area contributed by atoms with E-state index in [1.54, 1.807) is 0 Å². The summed E-state index contributed by atoms with van der Waals surface area (Å²) in [5.41, 5.74) is 2.83. The highest BCUT2D eigenvalue weighted by atomic mass is 16.3. The van der Waals surface area contributed by atoms with Crippen molar-refractivity contribution in [1.82, 2.24) is 20.4 Å². The number of nitrogens with one attached hydrogen (secondary N) is 2. The third-order valence-corrected chi connectivity index (χ3v) is 6.46. The molecule has 4 rings (SSSR count). The number of aliphatic hydroxyl groups is 1. The normalized spacial score (nSPS) is 26.9. The second-order valence-corrected chi connectivity index (χ2v) is 8.98. The molecule has 1 saturated heterocycles. The minimum absolute atomic E-state index is 0.433. The van der Waals surface area contributed by atoms with E-state index in [0.717, 1.165) is 51.0 Å². The first-order valence-corrected chi connectivity index (χ1v) is 11.4. The Morgan fingerprint density at radius 1 is 1.28 bits per heavy atom. The van der Waals surface area contributed by atoms with E-state index in [1.807, 2.05) is 0 Å². The Morgan fingerprint density at radius 2 is 2.07 bits per heavy atom. The van der Waals surface area contributed by atoms with Gasteiger partial charge in [0.1, 0.15) is 0 Å². The Bertz CT molecular complexity index is 704. The van der Waals surface area contributed by atoms with Crippen LogP contribution in [-0.2, 0) is 13.0 Å². The molecular weight excluding hydrogens is 362 g/mol. The van der Waals surface area contributed by atoms with Gasteiger partial charge >= 0.3 is 0 Å². The third kappa shape index (κ3) is 5.50. The summed E-state index contributed by atoms with van der Waals surface area (Å²) < 4.78 is 0. The van der Waals surface area contributed by atoms with Gasteiger partial charge in [0.15, 0.2) is 5.96 Å². The Balaban J connectivity index is 1.26. The SMILES string of the molecule is CCNC(=NCC(O)CN1CCc2ccccc2C1)NC1CC(C)N(C2CC2)C1. The van der Waals surface area contributed by atoms with Crippen LogP contribution in [-0.4, -0.2) is 77.8 Å². The number of hydrogen-bond donors (Lipinski definition) is 3. The van der Waals surface area contributed by atoms with Crippen molar-refractivity contribution < 1.29 is 5.11 Å². The molecule has 6 nitrogen and oxygen atoms in total. The largest absolute Gasteiger partial charge is 0.390 e. The fourth-order valence-corrected chi connectivity index (χ4v) is 4.85. The second-order valence-electron chi connectivity index (χ2n) is 8.98. The first-order chi connectivity index (χ1) is 14.1. The molecular formula is C23H37N5O. The molecule has 0 bridgehead atoms. The number of benzene rings is 1. The van der Waals surface area contributed by atoms with Crippen molar-refractivity contribution in [2.24, 2.45) is 4.99 Å². The first-order valence-electron chi connectivity index (χ1n) is 11.4. The Morgan fingerprint density at radius 3 is 2.83 bits per heavy atom. The predicted molar refractivity (Wildman–Crippen MR) is 118 cm³/mol. The summed E-state index contributed by atoms with van der Waals surface area (Å²) in [6.45, 7) is 9.40. The maximum absolute atomic E-state index is 10.6. The number of fused-ring (bicyclic) bond motifs is 1. The second kappa shape index (κ2) is 9.45. The number of β-amino-alcohol motifs (C(OH)–C–C–N with tert-alkyl or cyclic N) is 1. The number of likely N-dealkylation sites (tertiary alicyclic amines) is 1. The topological polar surface area (TPSA) is 63.1 Å². The number of rotatable bonds is 7. The summed E-state index contributed by atoms with van der Waals surface area (Å²) >= 11 is 0. The highest BCUT2D eigenvalue weighted by Gasteiger charge is 2.38. The maximum atomic E-state index is 10.6. The molecule has 1 aromatic rings. The molecule has 2 heterocycles. The van der Waals surface area contributed by atoms with Crippen molar-refractivity contribution in [2.75, 3.05) is 32.7 Å². The molecule has 0 aromatic heterocycles. The van der Waals surface area contributed by atoms with Gasteiger partial charge in [0.25, 0.3) is 0 Å². The summed E-state index contributed by atoms with van der Waals surface area (Å²) in [4.78, 5) is 9.68. The summed E-state index contributed by atoms with van der Waals surface area (Å²) in [6, 6.07) is 10.5. The lowest BCUT2D eigenvalue weighted by atomic mass is 10.00. The van der Waals surface area contributed by atoms with E-state index < -0.39 is 6.10 Å². The van der Waals surface area contributed by atoms with E-state index in [0.29, 0.717) is 25.2 Å². The van der Waals surface area contributed by atoms with Crippen molar-refractivity contribution in [1.29, 1.82) is 0 Å². The number of guanidine groups is 1. The molecule has 0 radical (unpaired) electrons. The van der Waals surface area contributed by atoms with Crippen molar-refractivity contribution >= 4 is 5.96 Å². The fourth-order valence-electron chi connectivity index (χ4n) is 4.85. The average molecular weight is 400 g/mol. The highest BCUT2D eigenvalue weighted by Crippen LogP contribution is 2.33. The summed E-state index contributed by atoms with van der Waals surface area (Å²) in [5.74, 6) is 0.838. The van der Waals surface area contributed by atoms with Gasteiger partial charge in [-0.15, -0.1) is 0 Å². The Hall–Kier alpha value is -1.63. The molecule has 2 fully saturated rings. The van der Waals surface area contributed by atoms with Gasteiger partial charge in [-0.3, -0.25) is 14.8 Å². The molecule has 0 spiro atoms. The van der Waals surface area contributed by atoms with E-state index in [2.05, 4.69) is 58.5 Å². The first kappa shape index (κ1) is 20.6. The zero-order chi connectivity index (χ0) is 20.2. The molecule has 0 amide bonds. The number of hydrogen-bond acceptors (Lipinski definition) is 4. The van der Waals surface area contributed by atoms with Crippen molar-refractivity contribution in [3.05, 3.63) is 35.4 Å². The lowest BCUT2D eigenvalue weighted by Gasteiger charge is -2.30. The molecule has 160 valence electrons. The monoisotopic (exact) mass is 399 g/mol. The number of aliphatic hydroxyl groups excluding tert-OH is 1. The zero-order valence-corrected chi connectivity index (χ0v) is 18.0. The number of aliphatic imine (C=N–C) groups is 1. The molecule has 3 unspecified atom stereocenters. The number of nitrogens with zero attached hydrogens (tertiary/aromatic N) is 3. The Kier molecular flexibility index (Phi) is 6.73. The van der Waals surface area contributed by atoms with E-state index in [4.69, 9.17) is 4.99 Å². The van der Waals surface area contributed by atoms with Crippen LogP contribution in [0.5, 0.6) is 0 Å². The van der Waals surface area contributed by atoms with Gasteiger partial charge in [0.05, 0.1) is 12.6 Å². The van der Waals surface area contributed by atoms with E-state index in [-0.39, 0.29) is 0 Å². The minimum atomic E-state index is -0.443. The molecule has 3 N–H and O–H groups in total. The summed E-state index contributed by atoms with van der Waals surface area (Å²) in [5, 5.41) is 17.5. The van der Waals surface area contributed by atoms with Gasteiger partial charge in [-0.25, -0.2) is 0 Å². The summed E-state index contributed by atoms with van der Waals surface area (Å²) in [6.07, 6.45) is 4.50. The lowest BCUT2D eigenvalue weighted by Crippen LogP contribution is -2.45. The molecule has 1 saturated carbocycles. The van der Waals surface area contributed by atoms with Gasteiger partial charge in [-0.05, 0) is 50.7 Å². The smallest absolute Gasteiger partial charge is 0.191 e. The lowest BCUT2D eigenvalue weighted by molar-refractivity contribution is 0.111. The maximum Gasteiger partial charge on any atom is 0.191 e. The van der Waals surface area contributed by atoms with Crippen LogP contribution in [0.25, 0.3) is 0 Å². The molecule has 29 heavy (non-hydrogen) atoms. The van der Waals surface area contributed by atoms with Gasteiger partial charge < -0.3 is 15.7 Å². The fraction of sp³-hybridized carbons (Fsp3) is 0.696. The molecule has 6 heteroatoms. The summed E-state index contributed by atoms with van der Waals surface area (Å²) in [7, 11) is 0. The van der Waals surface area contributed by atoms with E-state index in [1.165, 1.54) is 24.0 Å². The van der Waals surface area contributed by atoms with Crippen molar-refractivity contribution in [3.63, 3.8) is 0 Å². The molecule has 1 aliphatic carbocycles. The predicted octanol–water partition coefficient (Wildman–Crippen LogP) is 1.59. The van der Waals surface area contributed by atoms with Gasteiger partial charge in [0.2, 0.25) is 0 Å². The third-order valence-electron chi connectivity index (χ3n) is 6.46. The van der Waals surface area contributed by atoms with Crippen LogP contribution < -0.4 is 10.6 Å². The van der Waals surface area contributed by atoms with Crippen LogP contribution >= 0.6 is 0 Å². The quantitative estimate of drug-likeness (QED) is 0.480. The zero-order valence-electron chi connectivity index (χ0n) is 18.0. The van der Waals surface area contributed by atoms with E-state index >= 15 is 0 Å². The Labute approximate surface area is 175 Å². The van der Waals surface area contributed by atoms with Crippen LogP contribution in [0.1, 0.15) is 44.2 Å². The standard InChI is InChI=1S/C23H37N5O/c1-3-24-23(26-20-12-17(2)28(15-20)21-8-9-21)25-13-22(29)16-27-11-10-18-6-4-5-7-19(18)14-27/h4-7,17,20-22,29H,3,8-16H2,1-2H3,(H2,24,25,26). The van der Waals surface area contributed by atoms with Crippen LogP contribution in [0, 0.1) is 0 Å². The van der Waals surface area contributed by atoms with Crippen molar-refractivity contribution in [2.45, 2.75) is 70.3 Å². The van der Waals surface area contributed by atoms with Crippen LogP contribution in [0.2, 0.25) is 0 Å². The van der Waals surface area contributed by atoms with Gasteiger partial charge in [-0.2, -0.15) is 0 Å². The van der Waals surface area contributed by atoms with Crippen LogP contribution in [0.3, 0.4) is 0 Å². The van der Waals surface area contributed by atoms with E-state index in [9.17, 15) is 5.11 Å². The molecule has 3 aliphatic rings. The van der Waals surface area contributed by atoms with Crippen LogP contribution in [0.4, 0.5) is 0 Å². The van der Waals surface area contributed by atoms with Gasteiger partial charge in [-0.1, -0.05) is 24.3 Å². The van der Waals surface area contributed by atoms with Crippen LogP contribution in [0.15, 0.2) is 29.3 Å². The average Bonchev–Trinajstić information content (AvgIpc) is 3.49. The highest BCUT2D eigenvalue weighted by molar-refractivity contribution is 5.80. The minimum Gasteiger partial charge on any atom is -0.390 e. The molecule has 1 aromatic carbocycles. The molecule has 2 aliphatic heterocycles. The van der Waals surface area contributed by atoms with Gasteiger partial charge in [0, 0.05) is 50.8 Å². The molecule has 3 atom stereocenters. The van der Waals surface area contributed by atoms with Crippen molar-refractivity contribution in [3.8, 4) is 0 Å².